The second kappa shape index (κ2) is 10.2. The molecule has 3 nitrogen and oxygen atoms in total. The molecule has 0 aliphatic heterocycles. The molecule has 2 heterocycles. The van der Waals surface area contributed by atoms with Crippen LogP contribution in [0.25, 0.3) is 55.0 Å². The normalized spacial score (nSPS) is 15.3. The number of hydrogen-bond donors (Lipinski definition) is 1. The van der Waals surface area contributed by atoms with E-state index in [0.717, 1.165) is 52.7 Å². The average Bonchev–Trinajstić information content (AvgIpc) is 3.58. The van der Waals surface area contributed by atoms with E-state index in [4.69, 9.17) is 4.42 Å². The summed E-state index contributed by atoms with van der Waals surface area (Å²) in [7, 11) is 0. The monoisotopic (exact) mass is 544 g/mol. The molecule has 2 aromatic heterocycles. The van der Waals surface area contributed by atoms with Gasteiger partial charge in [-0.25, -0.2) is 0 Å². The van der Waals surface area contributed by atoms with E-state index in [1.54, 1.807) is 0 Å². The van der Waals surface area contributed by atoms with Gasteiger partial charge < -0.3 is 14.3 Å². The molecule has 0 radical (unpaired) electrons. The van der Waals surface area contributed by atoms with Crippen molar-refractivity contribution in [1.82, 2.24) is 9.88 Å². The molecule has 0 bridgehead atoms. The molecule has 0 amide bonds. The van der Waals surface area contributed by atoms with Crippen molar-refractivity contribution in [3.63, 3.8) is 0 Å². The summed E-state index contributed by atoms with van der Waals surface area (Å²) in [5, 5.41) is 8.40. The van der Waals surface area contributed by atoms with Crippen LogP contribution in [0.15, 0.2) is 132 Å². The second-order valence-electron chi connectivity index (χ2n) is 11.5. The number of para-hydroxylation sites is 2. The molecule has 5 aromatic carbocycles. The minimum atomic E-state index is 0.599. The standard InChI is InChI=1S/C39H32N2O/c1-26-8-6-10-29(22-26)30-11-7-9-28(23-30)25-40-24-27-16-18-31(19-17-27)41-36-14-4-2-12-32(36)34-20-21-35-33-13-3-5-15-37(33)42-39(35)38(34)41/h2-21,23,26,40H,22,24-25H2,1H3. The van der Waals surface area contributed by atoms with Crippen LogP contribution >= 0.6 is 0 Å². The first kappa shape index (κ1) is 24.9. The van der Waals surface area contributed by atoms with Crippen molar-refractivity contribution < 1.29 is 4.42 Å². The van der Waals surface area contributed by atoms with Gasteiger partial charge in [-0.1, -0.05) is 104 Å². The molecule has 1 N–H and O–H groups in total. The fourth-order valence-electron chi connectivity index (χ4n) is 6.55. The first-order valence-corrected chi connectivity index (χ1v) is 14.8. The first-order chi connectivity index (χ1) is 20.7. The van der Waals surface area contributed by atoms with Crippen LogP contribution in [0.5, 0.6) is 0 Å². The highest BCUT2D eigenvalue weighted by molar-refractivity contribution is 6.21. The van der Waals surface area contributed by atoms with Crippen LogP contribution in [0, 0.1) is 5.92 Å². The van der Waals surface area contributed by atoms with Crippen molar-refractivity contribution in [3.05, 3.63) is 144 Å². The number of fused-ring (bicyclic) bond motifs is 7. The lowest BCUT2D eigenvalue weighted by Gasteiger charge is -2.15. The van der Waals surface area contributed by atoms with Crippen LogP contribution in [0.2, 0.25) is 0 Å². The van der Waals surface area contributed by atoms with Crippen LogP contribution in [0.4, 0.5) is 0 Å². The van der Waals surface area contributed by atoms with Crippen molar-refractivity contribution in [1.29, 1.82) is 0 Å². The number of benzene rings is 5. The molecule has 8 rings (SSSR count). The van der Waals surface area contributed by atoms with Gasteiger partial charge in [0.1, 0.15) is 5.58 Å². The van der Waals surface area contributed by atoms with E-state index in [1.807, 2.05) is 6.07 Å². The Morgan fingerprint density at radius 2 is 1.52 bits per heavy atom. The van der Waals surface area contributed by atoms with Crippen LogP contribution in [-0.4, -0.2) is 4.57 Å². The molecule has 3 heteroatoms. The summed E-state index contributed by atoms with van der Waals surface area (Å²) >= 11 is 0. The summed E-state index contributed by atoms with van der Waals surface area (Å²) in [6, 6.07) is 39.3. The number of rotatable bonds is 6. The zero-order chi connectivity index (χ0) is 28.0. The van der Waals surface area contributed by atoms with E-state index in [2.05, 4.69) is 138 Å². The van der Waals surface area contributed by atoms with E-state index < -0.39 is 0 Å². The quantitative estimate of drug-likeness (QED) is 0.226. The van der Waals surface area contributed by atoms with E-state index in [0.29, 0.717) is 5.92 Å². The molecule has 0 saturated heterocycles. The summed E-state index contributed by atoms with van der Waals surface area (Å²) < 4.78 is 8.85. The Kier molecular flexibility index (Phi) is 6.05. The van der Waals surface area contributed by atoms with Gasteiger partial charge in [-0.3, -0.25) is 0 Å². The predicted molar refractivity (Wildman–Crippen MR) is 176 cm³/mol. The molecule has 1 unspecified atom stereocenters. The number of nitrogens with one attached hydrogen (secondary N) is 1. The lowest BCUT2D eigenvalue weighted by Crippen LogP contribution is -2.13. The summed E-state index contributed by atoms with van der Waals surface area (Å²) in [5.74, 6) is 0.599. The maximum atomic E-state index is 6.49. The van der Waals surface area contributed by atoms with Gasteiger partial charge in [-0.05, 0) is 64.9 Å². The topological polar surface area (TPSA) is 30.1 Å². The van der Waals surface area contributed by atoms with Crippen molar-refractivity contribution in [2.45, 2.75) is 26.4 Å². The molecule has 42 heavy (non-hydrogen) atoms. The Balaban J connectivity index is 1.09. The number of furan rings is 1. The van der Waals surface area contributed by atoms with Crippen molar-refractivity contribution in [2.75, 3.05) is 0 Å². The Morgan fingerprint density at radius 1 is 0.738 bits per heavy atom. The third-order valence-electron chi connectivity index (χ3n) is 8.61. The number of hydrogen-bond acceptors (Lipinski definition) is 2. The molecule has 7 aromatic rings. The largest absolute Gasteiger partial charge is 0.454 e. The Morgan fingerprint density at radius 3 is 2.40 bits per heavy atom. The van der Waals surface area contributed by atoms with Crippen LogP contribution in [0.1, 0.15) is 30.0 Å². The van der Waals surface area contributed by atoms with E-state index in [-0.39, 0.29) is 0 Å². The third-order valence-corrected chi connectivity index (χ3v) is 8.61. The highest BCUT2D eigenvalue weighted by Gasteiger charge is 2.18. The molecule has 1 atom stereocenters. The van der Waals surface area contributed by atoms with Crippen molar-refractivity contribution >= 4 is 49.3 Å². The Bertz CT molecular complexity index is 2160. The lowest BCUT2D eigenvalue weighted by molar-refractivity contribution is 0.671. The molecule has 0 fully saturated rings. The summed E-state index contributed by atoms with van der Waals surface area (Å²) in [6.07, 6.45) is 7.83. The van der Waals surface area contributed by atoms with Crippen LogP contribution < -0.4 is 5.32 Å². The maximum Gasteiger partial charge on any atom is 0.160 e. The second-order valence-corrected chi connectivity index (χ2v) is 11.5. The van der Waals surface area contributed by atoms with Gasteiger partial charge in [0.2, 0.25) is 0 Å². The van der Waals surface area contributed by atoms with Gasteiger partial charge in [0, 0.05) is 40.3 Å². The minimum absolute atomic E-state index is 0.599. The maximum absolute atomic E-state index is 6.49. The summed E-state index contributed by atoms with van der Waals surface area (Å²) in [5.41, 5.74) is 10.6. The SMILES string of the molecule is CC1C=CC=C(c2cccc(CNCc3ccc(-n4c5ccccc5c5ccc6c7ccccc7oc6c54)cc3)c2)C1. The van der Waals surface area contributed by atoms with Gasteiger partial charge in [-0.15, -0.1) is 0 Å². The van der Waals surface area contributed by atoms with E-state index >= 15 is 0 Å². The number of nitrogens with zero attached hydrogens (tertiary/aromatic N) is 1. The Hall–Kier alpha value is -4.86. The van der Waals surface area contributed by atoms with Gasteiger partial charge >= 0.3 is 0 Å². The minimum Gasteiger partial charge on any atom is -0.454 e. The van der Waals surface area contributed by atoms with Gasteiger partial charge in [0.25, 0.3) is 0 Å². The third kappa shape index (κ3) is 4.25. The van der Waals surface area contributed by atoms with E-state index in [1.165, 1.54) is 38.6 Å². The van der Waals surface area contributed by atoms with Crippen molar-refractivity contribution in [3.8, 4) is 5.69 Å². The fraction of sp³-hybridized carbons (Fsp3) is 0.128. The summed E-state index contributed by atoms with van der Waals surface area (Å²) in [4.78, 5) is 0. The molecule has 0 saturated carbocycles. The number of allylic oxidation sites excluding steroid dienone is 4. The van der Waals surface area contributed by atoms with Crippen molar-refractivity contribution in [2.24, 2.45) is 5.92 Å². The lowest BCUT2D eigenvalue weighted by atomic mass is 9.90. The predicted octanol–water partition coefficient (Wildman–Crippen LogP) is 9.95. The Labute approximate surface area is 245 Å². The van der Waals surface area contributed by atoms with Gasteiger partial charge in [0.15, 0.2) is 5.58 Å². The summed E-state index contributed by atoms with van der Waals surface area (Å²) in [6.45, 7) is 3.93. The molecule has 204 valence electrons. The van der Waals surface area contributed by atoms with E-state index in [9.17, 15) is 0 Å². The zero-order valence-electron chi connectivity index (χ0n) is 23.7. The molecule has 1 aliphatic carbocycles. The zero-order valence-corrected chi connectivity index (χ0v) is 23.7. The molecular weight excluding hydrogens is 512 g/mol. The van der Waals surface area contributed by atoms with Crippen LogP contribution in [-0.2, 0) is 13.1 Å². The number of aromatic nitrogens is 1. The van der Waals surface area contributed by atoms with Crippen LogP contribution in [0.3, 0.4) is 0 Å². The fourth-order valence-corrected chi connectivity index (χ4v) is 6.55. The average molecular weight is 545 g/mol. The highest BCUT2D eigenvalue weighted by Crippen LogP contribution is 2.40. The van der Waals surface area contributed by atoms with Gasteiger partial charge in [-0.2, -0.15) is 0 Å². The van der Waals surface area contributed by atoms with Gasteiger partial charge in [0.05, 0.1) is 11.0 Å². The highest BCUT2D eigenvalue weighted by atomic mass is 16.3. The molecule has 1 aliphatic rings. The smallest absolute Gasteiger partial charge is 0.160 e. The molecular formula is C39H32N2O. The molecule has 0 spiro atoms. The first-order valence-electron chi connectivity index (χ1n) is 14.8.